The summed E-state index contributed by atoms with van der Waals surface area (Å²) >= 11 is 0. The molecule has 146 valence electrons. The third kappa shape index (κ3) is 7.17. The lowest BCUT2D eigenvalue weighted by molar-refractivity contribution is -0.121. The Balaban J connectivity index is 1.67. The number of nitrogens with one attached hydrogen (secondary N) is 1. The fourth-order valence-corrected chi connectivity index (χ4v) is 2.97. The number of nitrogens with zero attached hydrogens (tertiary/aromatic N) is 2. The van der Waals surface area contributed by atoms with Crippen molar-refractivity contribution in [1.82, 2.24) is 15.1 Å². The number of carbonyl (C=O) groups is 2. The van der Waals surface area contributed by atoms with E-state index in [0.717, 1.165) is 39.3 Å². The van der Waals surface area contributed by atoms with Gasteiger partial charge in [-0.15, -0.1) is 0 Å². The highest BCUT2D eigenvalue weighted by molar-refractivity contribution is 5.94. The molecule has 0 aliphatic carbocycles. The Morgan fingerprint density at radius 3 is 2.73 bits per heavy atom. The minimum absolute atomic E-state index is 0.0132. The topological polar surface area (TPSA) is 75.0 Å². The largest absolute Gasteiger partial charge is 0.472 e. The van der Waals surface area contributed by atoms with Crippen LogP contribution in [0, 0.1) is 5.92 Å². The van der Waals surface area contributed by atoms with Crippen LogP contribution in [0.3, 0.4) is 0 Å². The van der Waals surface area contributed by atoms with Crippen LogP contribution in [-0.4, -0.2) is 74.1 Å². The predicted molar refractivity (Wildman–Crippen MR) is 99.0 cm³/mol. The van der Waals surface area contributed by atoms with Crippen LogP contribution in [0.2, 0.25) is 0 Å². The Labute approximate surface area is 155 Å². The van der Waals surface area contributed by atoms with Gasteiger partial charge in [0.25, 0.3) is 5.91 Å². The van der Waals surface area contributed by atoms with Crippen LogP contribution < -0.4 is 5.32 Å². The van der Waals surface area contributed by atoms with E-state index in [1.807, 2.05) is 0 Å². The summed E-state index contributed by atoms with van der Waals surface area (Å²) in [7, 11) is 0. The number of amides is 2. The summed E-state index contributed by atoms with van der Waals surface area (Å²) in [6, 6.07) is 1.65. The first kappa shape index (κ1) is 20.5. The van der Waals surface area contributed by atoms with Gasteiger partial charge in [-0.05, 0) is 24.9 Å². The Hall–Kier alpha value is -1.86. The van der Waals surface area contributed by atoms with Gasteiger partial charge in [0.05, 0.1) is 25.0 Å². The van der Waals surface area contributed by atoms with Crippen molar-refractivity contribution in [3.8, 4) is 0 Å². The maximum absolute atomic E-state index is 12.5. The van der Waals surface area contributed by atoms with E-state index in [1.54, 1.807) is 11.0 Å². The van der Waals surface area contributed by atoms with Crippen molar-refractivity contribution in [3.05, 3.63) is 24.2 Å². The lowest BCUT2D eigenvalue weighted by atomic mass is 10.1. The highest BCUT2D eigenvalue weighted by Gasteiger charge is 2.19. The van der Waals surface area contributed by atoms with Crippen molar-refractivity contribution >= 4 is 11.8 Å². The second kappa shape index (κ2) is 11.0. The molecule has 7 nitrogen and oxygen atoms in total. The number of carbonyl (C=O) groups excluding carboxylic acids is 2. The Morgan fingerprint density at radius 1 is 1.31 bits per heavy atom. The second-order valence-corrected chi connectivity index (χ2v) is 7.06. The monoisotopic (exact) mass is 365 g/mol. The Morgan fingerprint density at radius 2 is 2.08 bits per heavy atom. The molecule has 0 radical (unpaired) electrons. The predicted octanol–water partition coefficient (Wildman–Crippen LogP) is 1.61. The van der Waals surface area contributed by atoms with Crippen LogP contribution in [0.1, 0.15) is 37.0 Å². The highest BCUT2D eigenvalue weighted by Crippen LogP contribution is 2.09. The zero-order valence-electron chi connectivity index (χ0n) is 15.9. The molecule has 7 heteroatoms. The van der Waals surface area contributed by atoms with Gasteiger partial charge in [0.15, 0.2) is 0 Å². The highest BCUT2D eigenvalue weighted by atomic mass is 16.5. The lowest BCUT2D eigenvalue weighted by Crippen LogP contribution is -2.39. The van der Waals surface area contributed by atoms with Gasteiger partial charge in [0.1, 0.15) is 6.26 Å². The molecule has 1 N–H and O–H groups in total. The van der Waals surface area contributed by atoms with Gasteiger partial charge in [-0.2, -0.15) is 0 Å². The van der Waals surface area contributed by atoms with E-state index >= 15 is 0 Å². The maximum Gasteiger partial charge on any atom is 0.257 e. The molecule has 0 saturated carbocycles. The number of ether oxygens (including phenoxy) is 1. The third-order valence-corrected chi connectivity index (χ3v) is 4.33. The van der Waals surface area contributed by atoms with Crippen molar-refractivity contribution in [2.24, 2.45) is 5.92 Å². The van der Waals surface area contributed by atoms with Crippen LogP contribution in [0.4, 0.5) is 0 Å². The molecule has 0 bridgehead atoms. The maximum atomic E-state index is 12.5. The molecule has 0 unspecified atom stereocenters. The third-order valence-electron chi connectivity index (χ3n) is 4.33. The Kier molecular flexibility index (Phi) is 8.64. The average Bonchev–Trinajstić information content (AvgIpc) is 3.17. The number of morpholine rings is 1. The SMILES string of the molecule is CC(C)CN(CCC(=O)NCCCN1CCOCC1)C(=O)c1ccoc1. The van der Waals surface area contributed by atoms with E-state index in [1.165, 1.54) is 12.5 Å². The molecule has 2 amide bonds. The van der Waals surface area contributed by atoms with Crippen LogP contribution in [-0.2, 0) is 9.53 Å². The average molecular weight is 365 g/mol. The Bertz CT molecular complexity index is 539. The van der Waals surface area contributed by atoms with Crippen molar-refractivity contribution in [3.63, 3.8) is 0 Å². The van der Waals surface area contributed by atoms with Gasteiger partial charge < -0.3 is 19.4 Å². The molecule has 0 aromatic carbocycles. The van der Waals surface area contributed by atoms with Gasteiger partial charge in [-0.1, -0.05) is 13.8 Å². The molecule has 1 saturated heterocycles. The van der Waals surface area contributed by atoms with Crippen molar-refractivity contribution in [1.29, 1.82) is 0 Å². The van der Waals surface area contributed by atoms with Crippen LogP contribution in [0.25, 0.3) is 0 Å². The molecule has 1 aliphatic rings. The normalized spacial score (nSPS) is 15.2. The summed E-state index contributed by atoms with van der Waals surface area (Å²) in [5.74, 6) is 0.232. The number of furan rings is 1. The molecule has 1 aromatic heterocycles. The number of rotatable bonds is 10. The summed E-state index contributed by atoms with van der Waals surface area (Å²) in [5, 5.41) is 2.95. The zero-order chi connectivity index (χ0) is 18.8. The summed E-state index contributed by atoms with van der Waals surface area (Å²) in [5.41, 5.74) is 0.525. The molecule has 1 aliphatic heterocycles. The second-order valence-electron chi connectivity index (χ2n) is 7.06. The van der Waals surface area contributed by atoms with Crippen molar-refractivity contribution < 1.29 is 18.7 Å². The molecule has 2 heterocycles. The van der Waals surface area contributed by atoms with E-state index in [2.05, 4.69) is 24.1 Å². The van der Waals surface area contributed by atoms with E-state index in [0.29, 0.717) is 37.5 Å². The van der Waals surface area contributed by atoms with Crippen molar-refractivity contribution in [2.75, 3.05) is 52.5 Å². The van der Waals surface area contributed by atoms with E-state index in [4.69, 9.17) is 9.15 Å². The lowest BCUT2D eigenvalue weighted by Gasteiger charge is -2.26. The summed E-state index contributed by atoms with van der Waals surface area (Å²) in [4.78, 5) is 28.7. The first-order chi connectivity index (χ1) is 12.6. The van der Waals surface area contributed by atoms with Gasteiger partial charge >= 0.3 is 0 Å². The van der Waals surface area contributed by atoms with Crippen LogP contribution in [0.15, 0.2) is 23.0 Å². The molecule has 0 atom stereocenters. The molecule has 2 rings (SSSR count). The molecule has 26 heavy (non-hydrogen) atoms. The number of hydrogen-bond donors (Lipinski definition) is 1. The van der Waals surface area contributed by atoms with E-state index in [9.17, 15) is 9.59 Å². The smallest absolute Gasteiger partial charge is 0.257 e. The summed E-state index contributed by atoms with van der Waals surface area (Å²) < 4.78 is 10.3. The van der Waals surface area contributed by atoms with Crippen molar-refractivity contribution in [2.45, 2.75) is 26.7 Å². The van der Waals surface area contributed by atoms with E-state index < -0.39 is 0 Å². The number of hydrogen-bond acceptors (Lipinski definition) is 5. The van der Waals surface area contributed by atoms with Gasteiger partial charge in [-0.25, -0.2) is 0 Å². The molecule has 1 fully saturated rings. The first-order valence-electron chi connectivity index (χ1n) is 9.44. The van der Waals surface area contributed by atoms with Gasteiger partial charge in [0.2, 0.25) is 5.91 Å². The first-order valence-corrected chi connectivity index (χ1v) is 9.44. The van der Waals surface area contributed by atoms with Crippen LogP contribution in [0.5, 0.6) is 0 Å². The minimum atomic E-state index is -0.0902. The fourth-order valence-electron chi connectivity index (χ4n) is 2.97. The minimum Gasteiger partial charge on any atom is -0.472 e. The quantitative estimate of drug-likeness (QED) is 0.638. The van der Waals surface area contributed by atoms with Gasteiger partial charge in [-0.3, -0.25) is 14.5 Å². The van der Waals surface area contributed by atoms with Gasteiger partial charge in [0, 0.05) is 39.1 Å². The van der Waals surface area contributed by atoms with E-state index in [-0.39, 0.29) is 11.8 Å². The molecular formula is C19H31N3O4. The van der Waals surface area contributed by atoms with Crippen LogP contribution >= 0.6 is 0 Å². The zero-order valence-corrected chi connectivity index (χ0v) is 15.9. The standard InChI is InChI=1S/C19H31N3O4/c1-16(2)14-22(19(24)17-5-11-26-15-17)8-4-18(23)20-6-3-7-21-9-12-25-13-10-21/h5,11,15-16H,3-4,6-10,12-14H2,1-2H3,(H,20,23). The fraction of sp³-hybridized carbons (Fsp3) is 0.684. The molecular weight excluding hydrogens is 334 g/mol. The summed E-state index contributed by atoms with van der Waals surface area (Å²) in [6.45, 7) is 10.3. The summed E-state index contributed by atoms with van der Waals surface area (Å²) in [6.07, 6.45) is 4.17. The molecule has 0 spiro atoms. The molecule has 1 aromatic rings.